The first kappa shape index (κ1) is 11.3. The van der Waals surface area contributed by atoms with Crippen molar-refractivity contribution in [1.82, 2.24) is 8.75 Å². The van der Waals surface area contributed by atoms with E-state index in [1.54, 1.807) is 6.92 Å². The number of nitrogens with zero attached hydrogens (tertiary/aromatic N) is 2. The van der Waals surface area contributed by atoms with E-state index in [1.807, 2.05) is 0 Å². The van der Waals surface area contributed by atoms with Crippen LogP contribution in [-0.4, -0.2) is 29.4 Å². The van der Waals surface area contributed by atoms with E-state index in [1.165, 1.54) is 0 Å². The number of carbonyl (C=O) groups is 1. The van der Waals surface area contributed by atoms with Crippen molar-refractivity contribution in [2.45, 2.75) is 26.6 Å². The van der Waals surface area contributed by atoms with Gasteiger partial charge in [-0.25, -0.2) is 4.79 Å². The van der Waals surface area contributed by atoms with Crippen molar-refractivity contribution < 1.29 is 9.53 Å². The SMILES string of the molecule is CCOC(=O)c1nsnc1[Si](C)(C)C. The second-order valence-electron chi connectivity index (χ2n) is 3.93. The van der Waals surface area contributed by atoms with Crippen molar-refractivity contribution in [3.8, 4) is 0 Å². The Labute approximate surface area is 88.6 Å². The molecule has 0 aliphatic carbocycles. The highest BCUT2D eigenvalue weighted by molar-refractivity contribution is 7.02. The zero-order chi connectivity index (χ0) is 10.8. The van der Waals surface area contributed by atoms with Crippen LogP contribution in [-0.2, 0) is 4.74 Å². The van der Waals surface area contributed by atoms with Crippen molar-refractivity contribution in [1.29, 1.82) is 0 Å². The van der Waals surface area contributed by atoms with Crippen LogP contribution in [0.1, 0.15) is 17.4 Å². The van der Waals surface area contributed by atoms with E-state index in [-0.39, 0.29) is 5.97 Å². The van der Waals surface area contributed by atoms with Gasteiger partial charge in [0.1, 0.15) is 8.07 Å². The fourth-order valence-electron chi connectivity index (χ4n) is 1.01. The summed E-state index contributed by atoms with van der Waals surface area (Å²) in [6, 6.07) is 0. The van der Waals surface area contributed by atoms with Crippen LogP contribution >= 0.6 is 11.7 Å². The van der Waals surface area contributed by atoms with Gasteiger partial charge in [-0.15, -0.1) is 0 Å². The Hall–Kier alpha value is -0.753. The van der Waals surface area contributed by atoms with Crippen LogP contribution in [0.2, 0.25) is 19.6 Å². The summed E-state index contributed by atoms with van der Waals surface area (Å²) in [6.07, 6.45) is 0. The third-order valence-electron chi connectivity index (χ3n) is 1.67. The lowest BCUT2D eigenvalue weighted by molar-refractivity contribution is 0.0522. The first-order valence-corrected chi connectivity index (χ1v) is 8.70. The lowest BCUT2D eigenvalue weighted by Gasteiger charge is -2.12. The largest absolute Gasteiger partial charge is 0.461 e. The van der Waals surface area contributed by atoms with E-state index >= 15 is 0 Å². The molecular weight excluding hydrogens is 216 g/mol. The van der Waals surface area contributed by atoms with E-state index in [2.05, 4.69) is 28.4 Å². The van der Waals surface area contributed by atoms with Gasteiger partial charge in [0.05, 0.1) is 23.7 Å². The van der Waals surface area contributed by atoms with Gasteiger partial charge in [0, 0.05) is 0 Å². The van der Waals surface area contributed by atoms with Crippen molar-refractivity contribution >= 4 is 31.1 Å². The number of hydrogen-bond donors (Lipinski definition) is 0. The predicted octanol–water partition coefficient (Wildman–Crippen LogP) is 1.26. The Morgan fingerprint density at radius 3 is 2.57 bits per heavy atom. The van der Waals surface area contributed by atoms with Gasteiger partial charge in [0.25, 0.3) is 0 Å². The van der Waals surface area contributed by atoms with Crippen molar-refractivity contribution in [3.05, 3.63) is 5.69 Å². The molecule has 0 saturated carbocycles. The van der Waals surface area contributed by atoms with Crippen LogP contribution in [0.15, 0.2) is 0 Å². The molecule has 0 bridgehead atoms. The average molecular weight is 230 g/mol. The average Bonchev–Trinajstić information content (AvgIpc) is 2.50. The highest BCUT2D eigenvalue weighted by atomic mass is 32.1. The first-order chi connectivity index (χ1) is 6.46. The topological polar surface area (TPSA) is 52.1 Å². The maximum absolute atomic E-state index is 11.5. The van der Waals surface area contributed by atoms with Gasteiger partial charge in [-0.05, 0) is 6.92 Å². The summed E-state index contributed by atoms with van der Waals surface area (Å²) in [4.78, 5) is 11.5. The minimum Gasteiger partial charge on any atom is -0.461 e. The molecule has 0 unspecified atom stereocenters. The van der Waals surface area contributed by atoms with Crippen LogP contribution in [0.4, 0.5) is 0 Å². The van der Waals surface area contributed by atoms with Gasteiger partial charge in [0.15, 0.2) is 5.69 Å². The molecule has 78 valence electrons. The minimum absolute atomic E-state index is 0.348. The maximum atomic E-state index is 11.5. The molecule has 14 heavy (non-hydrogen) atoms. The maximum Gasteiger partial charge on any atom is 0.359 e. The lowest BCUT2D eigenvalue weighted by Crippen LogP contribution is -2.42. The summed E-state index contributed by atoms with van der Waals surface area (Å²) in [7, 11) is -1.58. The van der Waals surface area contributed by atoms with Crippen molar-refractivity contribution in [2.24, 2.45) is 0 Å². The number of esters is 1. The van der Waals surface area contributed by atoms with Gasteiger partial charge in [0.2, 0.25) is 0 Å². The number of hydrogen-bond acceptors (Lipinski definition) is 5. The molecule has 0 spiro atoms. The molecular formula is C8H14N2O2SSi. The number of rotatable bonds is 3. The normalized spacial score (nSPS) is 11.4. The Morgan fingerprint density at radius 1 is 1.43 bits per heavy atom. The summed E-state index contributed by atoms with van der Waals surface area (Å²) >= 11 is 1.08. The van der Waals surface area contributed by atoms with Crippen LogP contribution in [0, 0.1) is 0 Å². The van der Waals surface area contributed by atoms with E-state index in [0.717, 1.165) is 17.0 Å². The summed E-state index contributed by atoms with van der Waals surface area (Å²) in [5, 5.41) is 0.848. The van der Waals surface area contributed by atoms with Gasteiger partial charge < -0.3 is 4.74 Å². The summed E-state index contributed by atoms with van der Waals surface area (Å²) in [5.41, 5.74) is 0.413. The van der Waals surface area contributed by atoms with Gasteiger partial charge in [-0.1, -0.05) is 19.6 Å². The second-order valence-corrected chi connectivity index (χ2v) is 9.43. The molecule has 0 aliphatic heterocycles. The molecule has 0 aliphatic rings. The summed E-state index contributed by atoms with van der Waals surface area (Å²) < 4.78 is 13.1. The second kappa shape index (κ2) is 4.18. The highest BCUT2D eigenvalue weighted by Crippen LogP contribution is 2.06. The van der Waals surface area contributed by atoms with E-state index in [4.69, 9.17) is 4.74 Å². The Kier molecular flexibility index (Phi) is 3.38. The highest BCUT2D eigenvalue weighted by Gasteiger charge is 2.28. The number of ether oxygens (including phenoxy) is 1. The molecule has 6 heteroatoms. The minimum atomic E-state index is -1.58. The predicted molar refractivity (Wildman–Crippen MR) is 58.8 cm³/mol. The zero-order valence-corrected chi connectivity index (χ0v) is 10.6. The smallest absolute Gasteiger partial charge is 0.359 e. The van der Waals surface area contributed by atoms with Crippen molar-refractivity contribution in [2.75, 3.05) is 6.61 Å². The molecule has 0 aromatic carbocycles. The zero-order valence-electron chi connectivity index (χ0n) is 8.83. The number of carbonyl (C=O) groups excluding carboxylic acids is 1. The van der Waals surface area contributed by atoms with E-state index < -0.39 is 8.07 Å². The monoisotopic (exact) mass is 230 g/mol. The molecule has 0 radical (unpaired) electrons. The van der Waals surface area contributed by atoms with Gasteiger partial charge in [-0.2, -0.15) is 8.75 Å². The molecule has 0 fully saturated rings. The van der Waals surface area contributed by atoms with Gasteiger partial charge in [-0.3, -0.25) is 0 Å². The third kappa shape index (κ3) is 2.39. The third-order valence-corrected chi connectivity index (χ3v) is 4.13. The standard InChI is InChI=1S/C8H14N2O2SSi/c1-5-12-8(11)6-7(10-13-9-6)14(2,3)4/h5H2,1-4H3. The molecule has 1 aromatic heterocycles. The molecule has 1 heterocycles. The van der Waals surface area contributed by atoms with Crippen LogP contribution < -0.4 is 5.32 Å². The molecule has 0 saturated heterocycles. The molecule has 0 atom stereocenters. The summed E-state index contributed by atoms with van der Waals surface area (Å²) in [6.45, 7) is 8.55. The van der Waals surface area contributed by atoms with Gasteiger partial charge >= 0.3 is 5.97 Å². The van der Waals surface area contributed by atoms with Crippen LogP contribution in [0.25, 0.3) is 0 Å². The Balaban J connectivity index is 2.99. The molecule has 4 nitrogen and oxygen atoms in total. The van der Waals surface area contributed by atoms with Crippen LogP contribution in [0.3, 0.4) is 0 Å². The Morgan fingerprint density at radius 2 is 2.07 bits per heavy atom. The lowest BCUT2D eigenvalue weighted by atomic mass is 10.5. The quantitative estimate of drug-likeness (QED) is 0.579. The van der Waals surface area contributed by atoms with Crippen LogP contribution in [0.5, 0.6) is 0 Å². The molecule has 1 rings (SSSR count). The Bertz CT molecular complexity index is 332. The molecule has 1 aromatic rings. The van der Waals surface area contributed by atoms with E-state index in [9.17, 15) is 4.79 Å². The fourth-order valence-corrected chi connectivity index (χ4v) is 3.63. The fraction of sp³-hybridized carbons (Fsp3) is 0.625. The first-order valence-electron chi connectivity index (χ1n) is 4.47. The summed E-state index contributed by atoms with van der Waals surface area (Å²) in [5.74, 6) is -0.348. The number of aromatic nitrogens is 2. The molecule has 0 amide bonds. The molecule has 0 N–H and O–H groups in total. The van der Waals surface area contributed by atoms with Crippen molar-refractivity contribution in [3.63, 3.8) is 0 Å². The van der Waals surface area contributed by atoms with E-state index in [0.29, 0.717) is 12.3 Å².